The molecule has 0 aromatic carbocycles. The Morgan fingerprint density at radius 1 is 1.55 bits per heavy atom. The molecule has 0 saturated carbocycles. The number of likely N-dealkylation sites (tertiary alicyclic amines) is 1. The van der Waals surface area contributed by atoms with E-state index in [2.05, 4.69) is 13.8 Å². The number of amides is 1. The van der Waals surface area contributed by atoms with Crippen LogP contribution in [0.4, 0.5) is 0 Å². The topological polar surface area (TPSA) is 51.3 Å². The maximum absolute atomic E-state index is 12.8. The second-order valence-corrected chi connectivity index (χ2v) is 6.19. The van der Waals surface area contributed by atoms with Crippen molar-refractivity contribution < 1.29 is 4.79 Å². The summed E-state index contributed by atoms with van der Waals surface area (Å²) in [6.45, 7) is 6.44. The lowest BCUT2D eigenvalue weighted by Gasteiger charge is -2.38. The lowest BCUT2D eigenvalue weighted by Crippen LogP contribution is -2.49. The molecule has 2 atom stereocenters. The zero-order valence-electron chi connectivity index (χ0n) is 12.3. The number of aromatic nitrogens is 1. The predicted molar refractivity (Wildman–Crippen MR) is 82.0 cm³/mol. The smallest absolute Gasteiger partial charge is 0.270 e. The first-order valence-electron chi connectivity index (χ1n) is 7.43. The molecule has 2 heterocycles. The maximum atomic E-state index is 12.8. The Bertz CT molecular complexity index is 472. The molecule has 112 valence electrons. The highest BCUT2D eigenvalue weighted by Gasteiger charge is 2.30. The van der Waals surface area contributed by atoms with Crippen molar-refractivity contribution in [3.63, 3.8) is 0 Å². The Labute approximate surface area is 125 Å². The number of rotatable bonds is 4. The van der Waals surface area contributed by atoms with Gasteiger partial charge in [0.1, 0.15) is 5.69 Å². The van der Waals surface area contributed by atoms with Crippen molar-refractivity contribution in [2.24, 2.45) is 11.7 Å². The summed E-state index contributed by atoms with van der Waals surface area (Å²) in [4.78, 5) is 14.7. The first-order valence-corrected chi connectivity index (χ1v) is 7.81. The summed E-state index contributed by atoms with van der Waals surface area (Å²) in [6, 6.07) is 1.92. The molecule has 0 bridgehead atoms. The molecule has 0 radical (unpaired) electrons. The van der Waals surface area contributed by atoms with E-state index >= 15 is 0 Å². The average molecular weight is 298 g/mol. The van der Waals surface area contributed by atoms with Crippen LogP contribution in [0.15, 0.2) is 12.3 Å². The molecular weight excluding hydrogens is 274 g/mol. The van der Waals surface area contributed by atoms with Crippen molar-refractivity contribution in [2.75, 3.05) is 13.1 Å². The minimum atomic E-state index is 0.0627. The zero-order chi connectivity index (χ0) is 14.7. The molecule has 20 heavy (non-hydrogen) atoms. The van der Waals surface area contributed by atoms with Crippen LogP contribution in [-0.2, 0) is 6.54 Å². The van der Waals surface area contributed by atoms with E-state index in [1.54, 1.807) is 6.07 Å². The summed E-state index contributed by atoms with van der Waals surface area (Å²) in [5.74, 6) is 0.700. The lowest BCUT2D eigenvalue weighted by molar-refractivity contribution is 0.0562. The standard InChI is InChI=1S/C15H24ClN3O/c1-3-5-18-10-12(16)8-14(18)15(20)19-6-4-11(2)7-13(19)9-17/h8,10-11,13H,3-7,9,17H2,1-2H3. The van der Waals surface area contributed by atoms with E-state index in [0.717, 1.165) is 32.4 Å². The molecular formula is C15H24ClN3O. The molecule has 2 N–H and O–H groups in total. The van der Waals surface area contributed by atoms with Crippen LogP contribution in [0.3, 0.4) is 0 Å². The first kappa shape index (κ1) is 15.4. The fourth-order valence-electron chi connectivity index (χ4n) is 2.97. The van der Waals surface area contributed by atoms with E-state index < -0.39 is 0 Å². The van der Waals surface area contributed by atoms with Crippen molar-refractivity contribution in [3.05, 3.63) is 23.0 Å². The van der Waals surface area contributed by atoms with Crippen LogP contribution < -0.4 is 5.73 Å². The van der Waals surface area contributed by atoms with Crippen LogP contribution in [-0.4, -0.2) is 34.5 Å². The monoisotopic (exact) mass is 297 g/mol. The van der Waals surface area contributed by atoms with Gasteiger partial charge in [0, 0.05) is 31.9 Å². The molecule has 5 heteroatoms. The van der Waals surface area contributed by atoms with Crippen LogP contribution in [0.1, 0.15) is 43.6 Å². The van der Waals surface area contributed by atoms with Crippen LogP contribution in [0, 0.1) is 5.92 Å². The number of piperidine rings is 1. The van der Waals surface area contributed by atoms with Crippen LogP contribution in [0.5, 0.6) is 0 Å². The largest absolute Gasteiger partial charge is 0.342 e. The van der Waals surface area contributed by atoms with Gasteiger partial charge >= 0.3 is 0 Å². The molecule has 1 amide bonds. The van der Waals surface area contributed by atoms with Gasteiger partial charge in [-0.05, 0) is 31.2 Å². The van der Waals surface area contributed by atoms with Gasteiger partial charge in [0.2, 0.25) is 0 Å². The fraction of sp³-hybridized carbons (Fsp3) is 0.667. The van der Waals surface area contributed by atoms with Gasteiger partial charge in [-0.2, -0.15) is 0 Å². The Morgan fingerprint density at radius 3 is 2.95 bits per heavy atom. The van der Waals surface area contributed by atoms with Gasteiger partial charge in [0.25, 0.3) is 5.91 Å². The number of halogens is 1. The molecule has 0 spiro atoms. The molecule has 1 aromatic rings. The fourth-order valence-corrected chi connectivity index (χ4v) is 3.19. The molecule has 0 aliphatic carbocycles. The maximum Gasteiger partial charge on any atom is 0.270 e. The highest BCUT2D eigenvalue weighted by Crippen LogP contribution is 2.25. The molecule has 1 aliphatic heterocycles. The van der Waals surface area contributed by atoms with Crippen molar-refractivity contribution in [1.29, 1.82) is 0 Å². The predicted octanol–water partition coefficient (Wildman–Crippen LogP) is 2.75. The Morgan fingerprint density at radius 2 is 2.30 bits per heavy atom. The van der Waals surface area contributed by atoms with Crippen LogP contribution in [0.25, 0.3) is 0 Å². The van der Waals surface area contributed by atoms with Gasteiger partial charge in [-0.15, -0.1) is 0 Å². The number of aryl methyl sites for hydroxylation is 1. The number of carbonyl (C=O) groups excluding carboxylic acids is 1. The van der Waals surface area contributed by atoms with Gasteiger partial charge in [-0.3, -0.25) is 4.79 Å². The van der Waals surface area contributed by atoms with Gasteiger partial charge in [-0.1, -0.05) is 25.4 Å². The number of nitrogens with zero attached hydrogens (tertiary/aromatic N) is 2. The van der Waals surface area contributed by atoms with Crippen LogP contribution >= 0.6 is 11.6 Å². The van der Waals surface area contributed by atoms with E-state index in [9.17, 15) is 4.79 Å². The number of hydrogen-bond acceptors (Lipinski definition) is 2. The molecule has 1 fully saturated rings. The average Bonchev–Trinajstić information content (AvgIpc) is 2.79. The SMILES string of the molecule is CCCn1cc(Cl)cc1C(=O)N1CCC(C)CC1CN. The summed E-state index contributed by atoms with van der Waals surface area (Å²) >= 11 is 6.06. The van der Waals surface area contributed by atoms with E-state index in [1.165, 1.54) is 0 Å². The highest BCUT2D eigenvalue weighted by atomic mass is 35.5. The minimum Gasteiger partial charge on any atom is -0.342 e. The number of nitrogens with two attached hydrogens (primary N) is 1. The molecule has 1 aliphatic rings. The van der Waals surface area contributed by atoms with Crippen molar-refractivity contribution >= 4 is 17.5 Å². The molecule has 1 aromatic heterocycles. The summed E-state index contributed by atoms with van der Waals surface area (Å²) < 4.78 is 1.95. The Kier molecular flexibility index (Phi) is 5.11. The second-order valence-electron chi connectivity index (χ2n) is 5.75. The molecule has 1 saturated heterocycles. The van der Waals surface area contributed by atoms with Crippen molar-refractivity contribution in [3.8, 4) is 0 Å². The third kappa shape index (κ3) is 3.18. The third-order valence-corrected chi connectivity index (χ3v) is 4.26. The minimum absolute atomic E-state index is 0.0627. The van der Waals surface area contributed by atoms with Gasteiger partial charge in [0.05, 0.1) is 5.02 Å². The van der Waals surface area contributed by atoms with E-state index in [0.29, 0.717) is 23.2 Å². The Hall–Kier alpha value is -1.00. The number of carbonyl (C=O) groups is 1. The quantitative estimate of drug-likeness (QED) is 0.929. The van der Waals surface area contributed by atoms with Gasteiger partial charge < -0.3 is 15.2 Å². The van der Waals surface area contributed by atoms with Gasteiger partial charge in [0.15, 0.2) is 0 Å². The summed E-state index contributed by atoms with van der Waals surface area (Å²) in [5, 5.41) is 0.622. The lowest BCUT2D eigenvalue weighted by atomic mass is 9.92. The first-order chi connectivity index (χ1) is 9.56. The van der Waals surface area contributed by atoms with E-state index in [4.69, 9.17) is 17.3 Å². The van der Waals surface area contributed by atoms with E-state index in [-0.39, 0.29) is 11.9 Å². The summed E-state index contributed by atoms with van der Waals surface area (Å²) in [6.07, 6.45) is 4.85. The third-order valence-electron chi connectivity index (χ3n) is 4.06. The second kappa shape index (κ2) is 6.64. The summed E-state index contributed by atoms with van der Waals surface area (Å²) in [5.41, 5.74) is 6.53. The van der Waals surface area contributed by atoms with Gasteiger partial charge in [-0.25, -0.2) is 0 Å². The van der Waals surface area contributed by atoms with Crippen molar-refractivity contribution in [2.45, 2.75) is 45.7 Å². The van der Waals surface area contributed by atoms with Crippen molar-refractivity contribution in [1.82, 2.24) is 9.47 Å². The molecule has 2 rings (SSSR count). The zero-order valence-corrected chi connectivity index (χ0v) is 13.1. The summed E-state index contributed by atoms with van der Waals surface area (Å²) in [7, 11) is 0. The number of hydrogen-bond donors (Lipinski definition) is 1. The molecule has 4 nitrogen and oxygen atoms in total. The normalized spacial score (nSPS) is 23.1. The Balaban J connectivity index is 2.21. The van der Waals surface area contributed by atoms with Crippen LogP contribution in [0.2, 0.25) is 5.02 Å². The highest BCUT2D eigenvalue weighted by molar-refractivity contribution is 6.31. The van der Waals surface area contributed by atoms with E-state index in [1.807, 2.05) is 15.7 Å². The molecule has 2 unspecified atom stereocenters.